The summed E-state index contributed by atoms with van der Waals surface area (Å²) in [6.45, 7) is 0. The van der Waals surface area contributed by atoms with Gasteiger partial charge >= 0.3 is 0 Å². The Balaban J connectivity index is 1.85. The molecule has 1 N–H and O–H groups in total. The molecule has 0 bridgehead atoms. The van der Waals surface area contributed by atoms with Gasteiger partial charge in [-0.1, -0.05) is 35.9 Å². The van der Waals surface area contributed by atoms with E-state index in [0.717, 1.165) is 23.2 Å². The molecule has 0 aromatic heterocycles. The van der Waals surface area contributed by atoms with Crippen molar-refractivity contribution in [3.8, 4) is 11.5 Å². The largest absolute Gasteiger partial charge is 0.493 e. The number of rotatable bonds is 4. The zero-order chi connectivity index (χ0) is 19.1. The van der Waals surface area contributed by atoms with Gasteiger partial charge in [-0.05, 0) is 24.0 Å². The first kappa shape index (κ1) is 17.7. The molecule has 2 aromatic carbocycles. The lowest BCUT2D eigenvalue weighted by Gasteiger charge is -2.38. The molecule has 2 aromatic rings. The van der Waals surface area contributed by atoms with Gasteiger partial charge in [-0.25, -0.2) is 0 Å². The fourth-order valence-electron chi connectivity index (χ4n) is 4.21. The number of ether oxygens (including phenoxy) is 2. The zero-order valence-corrected chi connectivity index (χ0v) is 15.7. The minimum absolute atomic E-state index is 0.0111. The van der Waals surface area contributed by atoms with Crippen LogP contribution in [0.25, 0.3) is 0 Å². The molecule has 27 heavy (non-hydrogen) atoms. The van der Waals surface area contributed by atoms with Crippen LogP contribution < -0.4 is 14.8 Å². The van der Waals surface area contributed by atoms with Crippen LogP contribution in [0.1, 0.15) is 29.5 Å². The van der Waals surface area contributed by atoms with Crippen LogP contribution in [-0.2, 0) is 0 Å². The van der Waals surface area contributed by atoms with Crippen molar-refractivity contribution in [2.45, 2.75) is 18.4 Å². The zero-order valence-electron chi connectivity index (χ0n) is 14.9. The van der Waals surface area contributed by atoms with Gasteiger partial charge in [0.15, 0.2) is 11.5 Å². The van der Waals surface area contributed by atoms with Gasteiger partial charge in [0.25, 0.3) is 5.69 Å². The summed E-state index contributed by atoms with van der Waals surface area (Å²) in [5.41, 5.74) is 2.60. The summed E-state index contributed by atoms with van der Waals surface area (Å²) in [5, 5.41) is 15.1. The SMILES string of the molecule is COc1cccc([C@@H]2Nc3c(Cl)cc([N+](=O)[O-])cc3[C@H]3C=CC[C@H]32)c1OC. The van der Waals surface area contributed by atoms with Crippen LogP contribution in [0.5, 0.6) is 11.5 Å². The molecule has 140 valence electrons. The second kappa shape index (κ2) is 6.78. The summed E-state index contributed by atoms with van der Waals surface area (Å²) in [6.07, 6.45) is 5.10. The lowest BCUT2D eigenvalue weighted by Crippen LogP contribution is -2.29. The van der Waals surface area contributed by atoms with Crippen LogP contribution in [0.2, 0.25) is 5.02 Å². The standard InChI is InChI=1S/C20H19ClN2O4/c1-26-17-8-4-7-14(20(17)27-2)18-13-6-3-5-12(13)15-9-11(23(24)25)10-16(21)19(15)22-18/h3-5,7-10,12-13,18,22H,6H2,1-2H3/t12-,13+,18+/m0/s1. The number of hydrogen-bond acceptors (Lipinski definition) is 5. The minimum atomic E-state index is -0.406. The van der Waals surface area contributed by atoms with E-state index in [0.29, 0.717) is 16.5 Å². The third-order valence-corrected chi connectivity index (χ3v) is 5.68. The number of allylic oxidation sites excluding steroid dienone is 2. The predicted molar refractivity (Wildman–Crippen MR) is 104 cm³/mol. The van der Waals surface area contributed by atoms with Crippen molar-refractivity contribution in [1.29, 1.82) is 0 Å². The van der Waals surface area contributed by atoms with Gasteiger partial charge in [-0.2, -0.15) is 0 Å². The summed E-state index contributed by atoms with van der Waals surface area (Å²) in [4.78, 5) is 10.8. The molecule has 0 radical (unpaired) electrons. The van der Waals surface area contributed by atoms with Gasteiger partial charge < -0.3 is 14.8 Å². The number of nitro benzene ring substituents is 1. The predicted octanol–water partition coefficient (Wildman–Crippen LogP) is 5.09. The highest BCUT2D eigenvalue weighted by Gasteiger charge is 2.41. The monoisotopic (exact) mass is 386 g/mol. The van der Waals surface area contributed by atoms with E-state index < -0.39 is 4.92 Å². The molecule has 0 saturated carbocycles. The number of para-hydroxylation sites is 1. The lowest BCUT2D eigenvalue weighted by atomic mass is 9.76. The molecule has 0 spiro atoms. The van der Waals surface area contributed by atoms with Crippen LogP contribution in [0, 0.1) is 16.0 Å². The quantitative estimate of drug-likeness (QED) is 0.450. The topological polar surface area (TPSA) is 73.6 Å². The molecule has 1 heterocycles. The molecule has 2 aliphatic rings. The van der Waals surface area contributed by atoms with E-state index in [-0.39, 0.29) is 23.6 Å². The maximum absolute atomic E-state index is 11.2. The number of anilines is 1. The molecule has 0 amide bonds. The first-order valence-electron chi connectivity index (χ1n) is 8.67. The third kappa shape index (κ3) is 2.80. The van der Waals surface area contributed by atoms with Crippen molar-refractivity contribution in [2.24, 2.45) is 5.92 Å². The molecule has 7 heteroatoms. The van der Waals surface area contributed by atoms with Gasteiger partial charge in [0.1, 0.15) is 0 Å². The maximum atomic E-state index is 11.2. The number of benzene rings is 2. The summed E-state index contributed by atoms with van der Waals surface area (Å²) >= 11 is 6.42. The summed E-state index contributed by atoms with van der Waals surface area (Å²) in [6, 6.07) is 8.77. The Labute approximate surface area is 161 Å². The van der Waals surface area contributed by atoms with Crippen LogP contribution in [0.4, 0.5) is 11.4 Å². The van der Waals surface area contributed by atoms with E-state index >= 15 is 0 Å². The third-order valence-electron chi connectivity index (χ3n) is 5.38. The van der Waals surface area contributed by atoms with E-state index in [9.17, 15) is 10.1 Å². The van der Waals surface area contributed by atoms with Gasteiger partial charge in [0.2, 0.25) is 0 Å². The fourth-order valence-corrected chi connectivity index (χ4v) is 4.49. The van der Waals surface area contributed by atoms with Crippen molar-refractivity contribution in [2.75, 3.05) is 19.5 Å². The number of fused-ring (bicyclic) bond motifs is 3. The molecule has 0 unspecified atom stereocenters. The fraction of sp³-hybridized carbons (Fsp3) is 0.300. The Bertz CT molecular complexity index is 944. The van der Waals surface area contributed by atoms with Crippen LogP contribution in [0.15, 0.2) is 42.5 Å². The number of hydrogen-bond donors (Lipinski definition) is 1. The van der Waals surface area contributed by atoms with Crippen molar-refractivity contribution >= 4 is 23.0 Å². The maximum Gasteiger partial charge on any atom is 0.271 e. The molecule has 1 aliphatic heterocycles. The van der Waals surface area contributed by atoms with Crippen molar-refractivity contribution in [1.82, 2.24) is 0 Å². The lowest BCUT2D eigenvalue weighted by molar-refractivity contribution is -0.384. The average molecular weight is 387 g/mol. The normalized spacial score (nSPS) is 22.6. The first-order valence-corrected chi connectivity index (χ1v) is 9.05. The Morgan fingerprint density at radius 3 is 2.74 bits per heavy atom. The molecule has 0 saturated heterocycles. The molecule has 4 rings (SSSR count). The highest BCUT2D eigenvalue weighted by Crippen LogP contribution is 2.54. The Kier molecular flexibility index (Phi) is 4.44. The van der Waals surface area contributed by atoms with Crippen LogP contribution in [-0.4, -0.2) is 19.1 Å². The summed E-state index contributed by atoms with van der Waals surface area (Å²) in [5.74, 6) is 1.61. The minimum Gasteiger partial charge on any atom is -0.493 e. The molecule has 3 atom stereocenters. The van der Waals surface area contributed by atoms with E-state index in [1.54, 1.807) is 20.3 Å². The highest BCUT2D eigenvalue weighted by atomic mass is 35.5. The molecular weight excluding hydrogens is 368 g/mol. The van der Waals surface area contributed by atoms with Crippen molar-refractivity contribution in [3.63, 3.8) is 0 Å². The molecular formula is C20H19ClN2O4. The molecule has 6 nitrogen and oxygen atoms in total. The average Bonchev–Trinajstić information content (AvgIpc) is 3.16. The second-order valence-corrected chi connectivity index (χ2v) is 7.11. The van der Waals surface area contributed by atoms with Crippen LogP contribution >= 0.6 is 11.6 Å². The number of nitrogens with one attached hydrogen (secondary N) is 1. The highest BCUT2D eigenvalue weighted by molar-refractivity contribution is 6.33. The molecule has 0 fully saturated rings. The number of nitro groups is 1. The second-order valence-electron chi connectivity index (χ2n) is 6.71. The van der Waals surface area contributed by atoms with E-state index in [2.05, 4.69) is 17.5 Å². The number of nitrogens with zero attached hydrogens (tertiary/aromatic N) is 1. The summed E-state index contributed by atoms with van der Waals surface area (Å²) in [7, 11) is 3.24. The van der Waals surface area contributed by atoms with Gasteiger partial charge in [-0.3, -0.25) is 10.1 Å². The Hall–Kier alpha value is -2.73. The van der Waals surface area contributed by atoms with E-state index in [4.69, 9.17) is 21.1 Å². The Morgan fingerprint density at radius 2 is 2.04 bits per heavy atom. The molecule has 1 aliphatic carbocycles. The van der Waals surface area contributed by atoms with E-state index in [1.165, 1.54) is 6.07 Å². The number of methoxy groups -OCH3 is 2. The van der Waals surface area contributed by atoms with Crippen molar-refractivity contribution in [3.05, 3.63) is 68.7 Å². The number of non-ortho nitro benzene ring substituents is 1. The summed E-state index contributed by atoms with van der Waals surface area (Å²) < 4.78 is 11.1. The smallest absolute Gasteiger partial charge is 0.271 e. The van der Waals surface area contributed by atoms with Gasteiger partial charge in [0.05, 0.1) is 35.9 Å². The van der Waals surface area contributed by atoms with Crippen LogP contribution in [0.3, 0.4) is 0 Å². The number of halogens is 1. The first-order chi connectivity index (χ1) is 13.0. The van der Waals surface area contributed by atoms with E-state index in [1.807, 2.05) is 18.2 Å². The van der Waals surface area contributed by atoms with Gasteiger partial charge in [0, 0.05) is 23.6 Å². The van der Waals surface area contributed by atoms with Gasteiger partial charge in [-0.15, -0.1) is 0 Å². The Morgan fingerprint density at radius 1 is 1.22 bits per heavy atom. The van der Waals surface area contributed by atoms with Crippen molar-refractivity contribution < 1.29 is 14.4 Å².